The molecule has 4 rings (SSSR count). The molecule has 41 heavy (non-hydrogen) atoms. The minimum absolute atomic E-state index is 0.0404. The largest absolute Gasteiger partial charge is 0.347 e. The third-order valence-corrected chi connectivity index (χ3v) is 10.1. The van der Waals surface area contributed by atoms with Crippen molar-refractivity contribution in [1.82, 2.24) is 19.6 Å². The van der Waals surface area contributed by atoms with Crippen LogP contribution in [0.15, 0.2) is 36.4 Å². The van der Waals surface area contributed by atoms with E-state index in [4.69, 9.17) is 46.4 Å². The van der Waals surface area contributed by atoms with Crippen molar-refractivity contribution < 1.29 is 9.59 Å². The van der Waals surface area contributed by atoms with Gasteiger partial charge in [0, 0.05) is 52.3 Å². The summed E-state index contributed by atoms with van der Waals surface area (Å²) < 4.78 is 0. The zero-order valence-electron chi connectivity index (χ0n) is 24.1. The first-order valence-electron chi connectivity index (χ1n) is 14.4. The van der Waals surface area contributed by atoms with Crippen LogP contribution in [0.5, 0.6) is 0 Å². The van der Waals surface area contributed by atoms with Crippen molar-refractivity contribution in [1.29, 1.82) is 0 Å². The Hall–Kier alpha value is -1.54. The van der Waals surface area contributed by atoms with Gasteiger partial charge < -0.3 is 14.7 Å². The minimum Gasteiger partial charge on any atom is -0.347 e. The molecule has 0 aliphatic carbocycles. The zero-order valence-corrected chi connectivity index (χ0v) is 27.2. The lowest BCUT2D eigenvalue weighted by atomic mass is 9.82. The molecule has 0 N–H and O–H groups in total. The molecular weight excluding hydrogens is 602 g/mol. The molecule has 10 heteroatoms. The van der Waals surface area contributed by atoms with Gasteiger partial charge in [0.15, 0.2) is 0 Å². The van der Waals surface area contributed by atoms with Crippen LogP contribution in [0, 0.1) is 0 Å². The van der Waals surface area contributed by atoms with Gasteiger partial charge in [-0.15, -0.1) is 0 Å². The summed E-state index contributed by atoms with van der Waals surface area (Å²) in [5.41, 5.74) is 1.12. The zero-order chi connectivity index (χ0) is 29.7. The van der Waals surface area contributed by atoms with Crippen molar-refractivity contribution in [3.05, 3.63) is 67.6 Å². The van der Waals surface area contributed by atoms with E-state index in [1.807, 2.05) is 32.3 Å². The number of likely N-dealkylation sites (N-methyl/N-ethyl adjacent to an activating group) is 2. The second kappa shape index (κ2) is 14.3. The van der Waals surface area contributed by atoms with E-state index in [-0.39, 0.29) is 17.7 Å². The van der Waals surface area contributed by atoms with Gasteiger partial charge in [0.25, 0.3) is 5.91 Å². The lowest BCUT2D eigenvalue weighted by Crippen LogP contribution is -2.64. The second-order valence-electron chi connectivity index (χ2n) is 11.6. The highest BCUT2D eigenvalue weighted by atomic mass is 35.5. The predicted molar refractivity (Wildman–Crippen MR) is 170 cm³/mol. The first-order valence-corrected chi connectivity index (χ1v) is 15.9. The van der Waals surface area contributed by atoms with Gasteiger partial charge in [-0.25, -0.2) is 0 Å². The van der Waals surface area contributed by atoms with Crippen molar-refractivity contribution in [2.75, 3.05) is 60.4 Å². The topological polar surface area (TPSA) is 47.1 Å². The number of rotatable bonds is 9. The maximum absolute atomic E-state index is 13.5. The fourth-order valence-electron chi connectivity index (χ4n) is 6.28. The molecule has 0 bridgehead atoms. The van der Waals surface area contributed by atoms with E-state index < -0.39 is 5.54 Å². The Labute approximate surface area is 264 Å². The van der Waals surface area contributed by atoms with E-state index in [0.717, 1.165) is 70.4 Å². The van der Waals surface area contributed by atoms with E-state index in [2.05, 4.69) is 9.80 Å². The minimum atomic E-state index is -0.407. The van der Waals surface area contributed by atoms with Gasteiger partial charge in [-0.1, -0.05) is 58.9 Å². The van der Waals surface area contributed by atoms with Crippen LogP contribution >= 0.6 is 46.4 Å². The SMILES string of the molecule is CN(C)C(=O)C1(N2CCCCC2)CCN(CCC(CN(C)C(=O)c2ccc(Cl)c(Cl)c2)c2ccc(Cl)c(Cl)c2)CC1. The molecule has 224 valence electrons. The number of halogens is 4. The summed E-state index contributed by atoms with van der Waals surface area (Å²) in [5.74, 6) is 0.147. The first-order chi connectivity index (χ1) is 19.5. The number of hydrogen-bond acceptors (Lipinski definition) is 4. The van der Waals surface area contributed by atoms with Crippen molar-refractivity contribution >= 4 is 58.2 Å². The molecule has 0 saturated carbocycles. The normalized spacial score (nSPS) is 18.6. The molecule has 2 saturated heterocycles. The number of benzene rings is 2. The van der Waals surface area contributed by atoms with Crippen molar-refractivity contribution in [3.63, 3.8) is 0 Å². The fourth-order valence-corrected chi connectivity index (χ4v) is 6.89. The summed E-state index contributed by atoms with van der Waals surface area (Å²) in [6.45, 7) is 5.08. The van der Waals surface area contributed by atoms with Gasteiger partial charge in [-0.3, -0.25) is 14.5 Å². The summed E-state index contributed by atoms with van der Waals surface area (Å²) >= 11 is 24.9. The number of hydrogen-bond donors (Lipinski definition) is 0. The Balaban J connectivity index is 1.46. The van der Waals surface area contributed by atoms with Crippen LogP contribution in [0.4, 0.5) is 0 Å². The molecular formula is C31H40Cl4N4O2. The Kier molecular flexibility index (Phi) is 11.3. The van der Waals surface area contributed by atoms with E-state index >= 15 is 0 Å². The standard InChI is InChI=1S/C31H40Cl4N4O2/c1-36(2)30(41)31(39-14-5-4-6-15-39)12-17-38(18-13-31)16-11-24(22-7-9-25(32)27(34)19-22)21-37(3)29(40)23-8-10-26(33)28(35)20-23/h7-10,19-20,24H,4-6,11-18,21H2,1-3H3. The third-order valence-electron chi connectivity index (χ3n) is 8.67. The monoisotopic (exact) mass is 640 g/mol. The number of amides is 2. The highest BCUT2D eigenvalue weighted by Gasteiger charge is 2.47. The van der Waals surface area contributed by atoms with Gasteiger partial charge in [-0.05, 0) is 87.6 Å². The third kappa shape index (κ3) is 7.70. The van der Waals surface area contributed by atoms with Crippen LogP contribution in [-0.4, -0.2) is 97.4 Å². The van der Waals surface area contributed by atoms with Crippen molar-refractivity contribution in [3.8, 4) is 0 Å². The second-order valence-corrected chi connectivity index (χ2v) is 13.2. The van der Waals surface area contributed by atoms with Crippen molar-refractivity contribution in [2.24, 2.45) is 0 Å². The van der Waals surface area contributed by atoms with Crippen LogP contribution in [0.25, 0.3) is 0 Å². The van der Waals surface area contributed by atoms with Crippen LogP contribution in [0.3, 0.4) is 0 Å². The van der Waals surface area contributed by atoms with Crippen LogP contribution < -0.4 is 0 Å². The van der Waals surface area contributed by atoms with Crippen molar-refractivity contribution in [2.45, 2.75) is 50.0 Å². The Morgan fingerprint density at radius 3 is 2.02 bits per heavy atom. The summed E-state index contributed by atoms with van der Waals surface area (Å²) in [6, 6.07) is 10.6. The van der Waals surface area contributed by atoms with E-state index in [0.29, 0.717) is 32.2 Å². The van der Waals surface area contributed by atoms with E-state index in [9.17, 15) is 9.59 Å². The molecule has 1 atom stereocenters. The molecule has 2 heterocycles. The average Bonchev–Trinajstić information content (AvgIpc) is 2.98. The Bertz CT molecular complexity index is 1230. The summed E-state index contributed by atoms with van der Waals surface area (Å²) in [5, 5.41) is 1.77. The molecule has 0 spiro atoms. The van der Waals surface area contributed by atoms with Gasteiger partial charge in [-0.2, -0.15) is 0 Å². The summed E-state index contributed by atoms with van der Waals surface area (Å²) in [6.07, 6.45) is 6.05. The van der Waals surface area contributed by atoms with Crippen LogP contribution in [0.1, 0.15) is 60.4 Å². The maximum atomic E-state index is 13.5. The van der Waals surface area contributed by atoms with Crippen LogP contribution in [0.2, 0.25) is 20.1 Å². The van der Waals surface area contributed by atoms with Gasteiger partial charge >= 0.3 is 0 Å². The summed E-state index contributed by atoms with van der Waals surface area (Å²) in [4.78, 5) is 35.1. The lowest BCUT2D eigenvalue weighted by molar-refractivity contribution is -0.147. The maximum Gasteiger partial charge on any atom is 0.253 e. The molecule has 2 aliphatic heterocycles. The molecule has 2 aromatic carbocycles. The summed E-state index contributed by atoms with van der Waals surface area (Å²) in [7, 11) is 5.55. The highest BCUT2D eigenvalue weighted by Crippen LogP contribution is 2.35. The number of carbonyl (C=O) groups excluding carboxylic acids is 2. The number of likely N-dealkylation sites (tertiary alicyclic amines) is 2. The molecule has 2 amide bonds. The quantitative estimate of drug-likeness (QED) is 0.297. The smallest absolute Gasteiger partial charge is 0.253 e. The highest BCUT2D eigenvalue weighted by molar-refractivity contribution is 6.42. The molecule has 1 unspecified atom stereocenters. The Morgan fingerprint density at radius 1 is 0.829 bits per heavy atom. The Morgan fingerprint density at radius 2 is 1.44 bits per heavy atom. The average molecular weight is 642 g/mol. The number of nitrogens with zero attached hydrogens (tertiary/aromatic N) is 4. The van der Waals surface area contributed by atoms with Gasteiger partial charge in [0.1, 0.15) is 5.54 Å². The van der Waals surface area contributed by atoms with Gasteiger partial charge in [0.05, 0.1) is 20.1 Å². The lowest BCUT2D eigenvalue weighted by Gasteiger charge is -2.50. The van der Waals surface area contributed by atoms with E-state index in [1.54, 1.807) is 35.0 Å². The fraction of sp³-hybridized carbons (Fsp3) is 0.548. The molecule has 2 aromatic rings. The molecule has 0 radical (unpaired) electrons. The number of piperidine rings is 2. The molecule has 0 aromatic heterocycles. The van der Waals surface area contributed by atoms with Gasteiger partial charge in [0.2, 0.25) is 5.91 Å². The number of carbonyl (C=O) groups is 2. The molecule has 2 fully saturated rings. The van der Waals surface area contributed by atoms with E-state index in [1.165, 1.54) is 6.42 Å². The van der Waals surface area contributed by atoms with Crippen LogP contribution in [-0.2, 0) is 4.79 Å². The first kappa shape index (κ1) is 32.4. The predicted octanol–water partition coefficient (Wildman–Crippen LogP) is 6.95. The molecule has 6 nitrogen and oxygen atoms in total. The molecule has 2 aliphatic rings.